The third-order valence-corrected chi connectivity index (χ3v) is 2.00. The van der Waals surface area contributed by atoms with E-state index in [0.29, 0.717) is 5.92 Å². The molecule has 0 aliphatic heterocycles. The highest BCUT2D eigenvalue weighted by Crippen LogP contribution is 1.94. The Labute approximate surface area is 83.1 Å². The summed E-state index contributed by atoms with van der Waals surface area (Å²) in [6.07, 6.45) is 8.69. The second kappa shape index (κ2) is 8.06. The highest BCUT2D eigenvalue weighted by molar-refractivity contribution is 5.04. The second-order valence-electron chi connectivity index (χ2n) is 3.54. The molecule has 0 aromatic rings. The molecule has 0 amide bonds. The molecule has 0 aliphatic rings. The van der Waals surface area contributed by atoms with Gasteiger partial charge in [0.25, 0.3) is 0 Å². The molecule has 0 aliphatic carbocycles. The minimum Gasteiger partial charge on any atom is -0.300 e. The number of allylic oxidation sites excluding steroid dienone is 3. The maximum atomic E-state index is 2.39. The van der Waals surface area contributed by atoms with E-state index in [9.17, 15) is 0 Å². The fourth-order valence-electron chi connectivity index (χ4n) is 1.06. The predicted octanol–water partition coefficient (Wildman–Crippen LogP) is 3.10. The number of likely N-dealkylation sites (N-methyl/N-ethyl adjacent to an activating group) is 1. The molecule has 0 aromatic carbocycles. The second-order valence-corrected chi connectivity index (χ2v) is 3.54. The molecule has 13 heavy (non-hydrogen) atoms. The molecular weight excluding hydrogens is 158 g/mol. The molecule has 1 nitrogen and oxygen atoms in total. The topological polar surface area (TPSA) is 3.24 Å². The van der Waals surface area contributed by atoms with Crippen molar-refractivity contribution in [3.63, 3.8) is 0 Å². The van der Waals surface area contributed by atoms with Crippen LogP contribution in [0, 0.1) is 5.92 Å². The van der Waals surface area contributed by atoms with Crippen LogP contribution in [0.3, 0.4) is 0 Å². The van der Waals surface area contributed by atoms with E-state index in [0.717, 1.165) is 19.6 Å². The Morgan fingerprint density at radius 2 is 1.69 bits per heavy atom. The number of hydrogen-bond acceptors (Lipinski definition) is 1. The quantitative estimate of drug-likeness (QED) is 0.569. The highest BCUT2D eigenvalue weighted by Gasteiger charge is 1.92. The van der Waals surface area contributed by atoms with Crippen molar-refractivity contribution in [1.82, 2.24) is 4.90 Å². The smallest absolute Gasteiger partial charge is 0.0166 e. The zero-order valence-corrected chi connectivity index (χ0v) is 9.46. The lowest BCUT2D eigenvalue weighted by Gasteiger charge is -2.14. The first-order valence-corrected chi connectivity index (χ1v) is 5.26. The molecule has 0 rings (SSSR count). The zero-order valence-electron chi connectivity index (χ0n) is 9.46. The van der Waals surface area contributed by atoms with Crippen LogP contribution in [0.5, 0.6) is 0 Å². The van der Waals surface area contributed by atoms with E-state index < -0.39 is 0 Å². The molecule has 0 heterocycles. The van der Waals surface area contributed by atoms with Crippen LogP contribution < -0.4 is 0 Å². The van der Waals surface area contributed by atoms with Crippen molar-refractivity contribution in [3.05, 3.63) is 24.3 Å². The van der Waals surface area contributed by atoms with Crippen LogP contribution in [-0.2, 0) is 0 Å². The molecule has 0 fully saturated rings. The molecule has 76 valence electrons. The van der Waals surface area contributed by atoms with Gasteiger partial charge < -0.3 is 4.90 Å². The van der Waals surface area contributed by atoms with Gasteiger partial charge in [-0.05, 0) is 19.0 Å². The number of nitrogens with zero attached hydrogens (tertiary/aromatic N) is 1. The summed E-state index contributed by atoms with van der Waals surface area (Å²) in [5.41, 5.74) is 0. The predicted molar refractivity (Wildman–Crippen MR) is 60.9 cm³/mol. The summed E-state index contributed by atoms with van der Waals surface area (Å²) in [6, 6.07) is 0. The van der Waals surface area contributed by atoms with Gasteiger partial charge in [-0.15, -0.1) is 0 Å². The molecule has 1 heteroatoms. The molecule has 0 saturated carbocycles. The average Bonchev–Trinajstić information content (AvgIpc) is 2.11. The SMILES string of the molecule is CCN(CC)C/C=C/C=C/C(C)C. The van der Waals surface area contributed by atoms with Crippen LogP contribution >= 0.6 is 0 Å². The summed E-state index contributed by atoms with van der Waals surface area (Å²) in [5, 5.41) is 0. The van der Waals surface area contributed by atoms with Crippen molar-refractivity contribution in [3.8, 4) is 0 Å². The largest absolute Gasteiger partial charge is 0.300 e. The van der Waals surface area contributed by atoms with Crippen molar-refractivity contribution in [2.45, 2.75) is 27.7 Å². The lowest BCUT2D eigenvalue weighted by molar-refractivity contribution is 0.337. The normalized spacial score (nSPS) is 12.8. The first kappa shape index (κ1) is 12.4. The lowest BCUT2D eigenvalue weighted by atomic mass is 10.2. The Hall–Kier alpha value is -0.560. The Kier molecular flexibility index (Phi) is 7.71. The van der Waals surface area contributed by atoms with E-state index in [1.165, 1.54) is 0 Å². The van der Waals surface area contributed by atoms with Crippen molar-refractivity contribution in [2.75, 3.05) is 19.6 Å². The van der Waals surface area contributed by atoms with Gasteiger partial charge in [0.15, 0.2) is 0 Å². The Bertz CT molecular complexity index is 153. The van der Waals surface area contributed by atoms with Crippen LogP contribution in [0.1, 0.15) is 27.7 Å². The zero-order chi connectivity index (χ0) is 10.1. The molecular formula is C12H23N. The monoisotopic (exact) mass is 181 g/mol. The van der Waals surface area contributed by atoms with E-state index >= 15 is 0 Å². The van der Waals surface area contributed by atoms with Crippen LogP contribution in [0.2, 0.25) is 0 Å². The Balaban J connectivity index is 3.61. The minimum atomic E-state index is 0.651. The third kappa shape index (κ3) is 7.79. The van der Waals surface area contributed by atoms with E-state index in [1.54, 1.807) is 0 Å². The van der Waals surface area contributed by atoms with Crippen LogP contribution in [-0.4, -0.2) is 24.5 Å². The summed E-state index contributed by atoms with van der Waals surface area (Å²) in [5.74, 6) is 0.651. The molecule has 0 spiro atoms. The van der Waals surface area contributed by atoms with Crippen molar-refractivity contribution < 1.29 is 0 Å². The molecule has 0 radical (unpaired) electrons. The first-order chi connectivity index (χ1) is 6.20. The summed E-state index contributed by atoms with van der Waals surface area (Å²) >= 11 is 0. The van der Waals surface area contributed by atoms with Gasteiger partial charge in [0.1, 0.15) is 0 Å². The molecule has 0 saturated heterocycles. The van der Waals surface area contributed by atoms with Crippen molar-refractivity contribution in [2.24, 2.45) is 5.92 Å². The fourth-order valence-corrected chi connectivity index (χ4v) is 1.06. The first-order valence-electron chi connectivity index (χ1n) is 5.26. The molecule has 0 aromatic heterocycles. The summed E-state index contributed by atoms with van der Waals surface area (Å²) < 4.78 is 0. The highest BCUT2D eigenvalue weighted by atomic mass is 15.1. The minimum absolute atomic E-state index is 0.651. The van der Waals surface area contributed by atoms with Crippen LogP contribution in [0.25, 0.3) is 0 Å². The summed E-state index contributed by atoms with van der Waals surface area (Å²) in [6.45, 7) is 12.1. The average molecular weight is 181 g/mol. The van der Waals surface area contributed by atoms with E-state index in [4.69, 9.17) is 0 Å². The van der Waals surface area contributed by atoms with Gasteiger partial charge in [0, 0.05) is 6.54 Å². The third-order valence-electron chi connectivity index (χ3n) is 2.00. The van der Waals surface area contributed by atoms with Gasteiger partial charge >= 0.3 is 0 Å². The van der Waals surface area contributed by atoms with E-state index in [1.807, 2.05) is 0 Å². The molecule has 0 N–H and O–H groups in total. The van der Waals surface area contributed by atoms with Gasteiger partial charge in [-0.25, -0.2) is 0 Å². The molecule has 0 unspecified atom stereocenters. The van der Waals surface area contributed by atoms with Crippen LogP contribution in [0.15, 0.2) is 24.3 Å². The van der Waals surface area contributed by atoms with Crippen molar-refractivity contribution >= 4 is 0 Å². The van der Waals surface area contributed by atoms with E-state index in [2.05, 4.69) is 56.9 Å². The van der Waals surface area contributed by atoms with Crippen molar-refractivity contribution in [1.29, 1.82) is 0 Å². The van der Waals surface area contributed by atoms with Gasteiger partial charge in [-0.2, -0.15) is 0 Å². The van der Waals surface area contributed by atoms with Gasteiger partial charge in [0.2, 0.25) is 0 Å². The number of hydrogen-bond donors (Lipinski definition) is 0. The summed E-state index contributed by atoms with van der Waals surface area (Å²) in [4.78, 5) is 2.39. The van der Waals surface area contributed by atoms with Gasteiger partial charge in [0.05, 0.1) is 0 Å². The maximum absolute atomic E-state index is 2.39. The van der Waals surface area contributed by atoms with Gasteiger partial charge in [-0.1, -0.05) is 52.0 Å². The van der Waals surface area contributed by atoms with E-state index in [-0.39, 0.29) is 0 Å². The van der Waals surface area contributed by atoms with Crippen LogP contribution in [0.4, 0.5) is 0 Å². The number of rotatable bonds is 6. The fraction of sp³-hybridized carbons (Fsp3) is 0.667. The lowest BCUT2D eigenvalue weighted by Crippen LogP contribution is -2.22. The Morgan fingerprint density at radius 1 is 1.08 bits per heavy atom. The standard InChI is InChI=1S/C12H23N/c1-5-13(6-2)11-9-7-8-10-12(3)4/h7-10,12H,5-6,11H2,1-4H3/b9-7+,10-8+. The molecule has 0 bridgehead atoms. The summed E-state index contributed by atoms with van der Waals surface area (Å²) in [7, 11) is 0. The van der Waals surface area contributed by atoms with Gasteiger partial charge in [-0.3, -0.25) is 0 Å². The Morgan fingerprint density at radius 3 is 2.15 bits per heavy atom. The maximum Gasteiger partial charge on any atom is 0.0166 e. The molecule has 0 atom stereocenters.